The molecule has 1 heterocycles. The molecule has 114 valence electrons. The van der Waals surface area contributed by atoms with Gasteiger partial charge in [-0.2, -0.15) is 0 Å². The largest absolute Gasteiger partial charge is 1.00 e. The molecule has 0 aliphatic carbocycles. The summed E-state index contributed by atoms with van der Waals surface area (Å²) >= 11 is 2.38. The molecule has 0 radical (unpaired) electrons. The van der Waals surface area contributed by atoms with Crippen LogP contribution in [0.1, 0.15) is 6.92 Å². The van der Waals surface area contributed by atoms with Gasteiger partial charge in [0.15, 0.2) is 5.60 Å². The lowest BCUT2D eigenvalue weighted by Gasteiger charge is -2.24. The highest BCUT2D eigenvalue weighted by molar-refractivity contribution is 14.1. The van der Waals surface area contributed by atoms with E-state index in [9.17, 15) is 0 Å². The Morgan fingerprint density at radius 3 is 1.82 bits per heavy atom. The van der Waals surface area contributed by atoms with E-state index in [1.54, 1.807) is 0 Å². The average molecular weight is 534 g/mol. The van der Waals surface area contributed by atoms with Gasteiger partial charge in [-0.15, -0.1) is 0 Å². The van der Waals surface area contributed by atoms with Crippen molar-refractivity contribution in [2.75, 3.05) is 0 Å². The van der Waals surface area contributed by atoms with Crippen LogP contribution in [0.3, 0.4) is 0 Å². The highest BCUT2D eigenvalue weighted by atomic mass is 127. The van der Waals surface area contributed by atoms with E-state index in [1.165, 1.54) is 14.2 Å². The van der Waals surface area contributed by atoms with Crippen LogP contribution >= 0.6 is 30.1 Å². The van der Waals surface area contributed by atoms with E-state index >= 15 is 0 Å². The smallest absolute Gasteiger partial charge is 0.237 e. The summed E-state index contributed by atoms with van der Waals surface area (Å²) in [5.74, 6) is 2.32. The van der Waals surface area contributed by atoms with Crippen LogP contribution in [0.5, 0.6) is 0 Å². The Bertz CT molecular complexity index is 645. The molecular weight excluding hydrogens is 517 g/mol. The van der Waals surface area contributed by atoms with Crippen molar-refractivity contribution in [2.45, 2.75) is 12.5 Å². The third-order valence-electron chi connectivity index (χ3n) is 3.77. The van der Waals surface area contributed by atoms with Crippen molar-refractivity contribution in [2.24, 2.45) is 0 Å². The molecule has 0 saturated carbocycles. The molecule has 0 N–H and O–H groups in total. The Labute approximate surface area is 163 Å². The summed E-state index contributed by atoms with van der Waals surface area (Å²) in [7, 11) is -1.99. The first-order chi connectivity index (χ1) is 10.1. The Morgan fingerprint density at radius 1 is 1.00 bits per heavy atom. The summed E-state index contributed by atoms with van der Waals surface area (Å²) in [5.41, 5.74) is -0.403. The molecule has 1 nitrogen and oxygen atoms in total. The minimum atomic E-state index is -1.99. The average Bonchev–Trinajstić information content (AvgIpc) is 2.83. The summed E-state index contributed by atoms with van der Waals surface area (Å²) < 4.78 is 7.87. The standard InChI is InChI=1S/C18H17IOP.HI/c1-3-18(2)17(19)14-21(20-18,15-10-6-4-7-11-15)16-12-8-5-9-13-16;/h3-14H,1H2,2H3;1H/q+1;/p-1. The number of hydrogen-bond donors (Lipinski definition) is 0. The lowest BCUT2D eigenvalue weighted by molar-refractivity contribution is -0.00000579. The first kappa shape index (κ1) is 18.1. The first-order valence-electron chi connectivity index (χ1n) is 6.84. The van der Waals surface area contributed by atoms with E-state index in [4.69, 9.17) is 4.52 Å². The molecule has 1 aliphatic rings. The molecule has 0 spiro atoms. The van der Waals surface area contributed by atoms with Crippen molar-refractivity contribution in [1.82, 2.24) is 0 Å². The Morgan fingerprint density at radius 2 is 1.45 bits per heavy atom. The second-order valence-corrected chi connectivity index (χ2v) is 9.16. The zero-order valence-electron chi connectivity index (χ0n) is 12.2. The number of halogens is 2. The lowest BCUT2D eigenvalue weighted by atomic mass is 10.1. The van der Waals surface area contributed by atoms with Crippen molar-refractivity contribution in [1.29, 1.82) is 0 Å². The fraction of sp³-hybridized carbons (Fsp3) is 0.111. The van der Waals surface area contributed by atoms with E-state index in [1.807, 2.05) is 18.2 Å². The van der Waals surface area contributed by atoms with Crippen molar-refractivity contribution in [3.8, 4) is 0 Å². The summed E-state index contributed by atoms with van der Waals surface area (Å²) in [6.45, 7) is 6.05. The quantitative estimate of drug-likeness (QED) is 0.332. The van der Waals surface area contributed by atoms with Crippen molar-refractivity contribution < 1.29 is 28.5 Å². The van der Waals surface area contributed by atoms with Crippen LogP contribution < -0.4 is 34.6 Å². The molecule has 1 unspecified atom stereocenters. The number of benzene rings is 2. The van der Waals surface area contributed by atoms with Crippen molar-refractivity contribution >= 4 is 40.7 Å². The predicted octanol–water partition coefficient (Wildman–Crippen LogP) is 1.83. The zero-order valence-corrected chi connectivity index (χ0v) is 17.5. The van der Waals surface area contributed by atoms with Gasteiger partial charge in [0.2, 0.25) is 7.49 Å². The van der Waals surface area contributed by atoms with Gasteiger partial charge in [-0.05, 0) is 53.8 Å². The Kier molecular flexibility index (Phi) is 5.86. The zero-order chi connectivity index (χ0) is 14.9. The third kappa shape index (κ3) is 3.05. The van der Waals surface area contributed by atoms with E-state index in [2.05, 4.69) is 90.4 Å². The topological polar surface area (TPSA) is 9.23 Å². The first-order valence-corrected chi connectivity index (χ1v) is 9.69. The minimum Gasteiger partial charge on any atom is -1.00 e. The van der Waals surface area contributed by atoms with Crippen LogP contribution in [0.15, 0.2) is 82.7 Å². The van der Waals surface area contributed by atoms with Crippen molar-refractivity contribution in [3.05, 3.63) is 82.7 Å². The number of rotatable bonds is 3. The lowest BCUT2D eigenvalue weighted by Crippen LogP contribution is -3.00. The maximum absolute atomic E-state index is 6.66. The predicted molar refractivity (Wildman–Crippen MR) is 101 cm³/mol. The van der Waals surface area contributed by atoms with E-state index in [0.717, 1.165) is 0 Å². The summed E-state index contributed by atoms with van der Waals surface area (Å²) in [6.07, 6.45) is 1.90. The molecule has 0 saturated heterocycles. The van der Waals surface area contributed by atoms with E-state index in [-0.39, 0.29) is 24.0 Å². The fourth-order valence-corrected chi connectivity index (χ4v) is 7.61. The molecule has 2 aromatic carbocycles. The normalized spacial score (nSPS) is 22.5. The highest BCUT2D eigenvalue weighted by Gasteiger charge is 2.55. The third-order valence-corrected chi connectivity index (χ3v) is 9.07. The van der Waals surface area contributed by atoms with Gasteiger partial charge in [0.1, 0.15) is 16.4 Å². The van der Waals surface area contributed by atoms with Crippen LogP contribution in [-0.4, -0.2) is 5.60 Å². The van der Waals surface area contributed by atoms with Gasteiger partial charge in [-0.3, -0.25) is 0 Å². The molecule has 3 rings (SSSR count). The van der Waals surface area contributed by atoms with Gasteiger partial charge in [0.25, 0.3) is 0 Å². The van der Waals surface area contributed by atoms with Crippen LogP contribution in [-0.2, 0) is 4.52 Å². The summed E-state index contributed by atoms with van der Waals surface area (Å²) in [6, 6.07) is 21.0. The molecular formula is C18H17I2OP. The van der Waals surface area contributed by atoms with Gasteiger partial charge in [-0.1, -0.05) is 49.1 Å². The SMILES string of the molecule is C=CC1(C)O[P+](c2ccccc2)(c2ccccc2)C=C1I.[I-]. The Balaban J connectivity index is 0.00000176. The van der Waals surface area contributed by atoms with Crippen LogP contribution in [0.25, 0.3) is 0 Å². The summed E-state index contributed by atoms with van der Waals surface area (Å²) in [4.78, 5) is 0. The minimum absolute atomic E-state index is 0. The number of hydrogen-bond acceptors (Lipinski definition) is 1. The van der Waals surface area contributed by atoms with Crippen LogP contribution in [0, 0.1) is 0 Å². The van der Waals surface area contributed by atoms with E-state index < -0.39 is 13.1 Å². The molecule has 4 heteroatoms. The van der Waals surface area contributed by atoms with Gasteiger partial charge < -0.3 is 24.0 Å². The van der Waals surface area contributed by atoms with Gasteiger partial charge in [-0.25, -0.2) is 4.52 Å². The van der Waals surface area contributed by atoms with Crippen LogP contribution in [0.4, 0.5) is 0 Å². The monoisotopic (exact) mass is 534 g/mol. The molecule has 2 aromatic rings. The second-order valence-electron chi connectivity index (χ2n) is 5.21. The molecule has 0 bridgehead atoms. The molecule has 0 fully saturated rings. The van der Waals surface area contributed by atoms with Crippen molar-refractivity contribution in [3.63, 3.8) is 0 Å². The maximum Gasteiger partial charge on any atom is 0.237 e. The van der Waals surface area contributed by atoms with Gasteiger partial charge in [0, 0.05) is 0 Å². The molecule has 1 aliphatic heterocycles. The van der Waals surface area contributed by atoms with Gasteiger partial charge in [0.05, 0.1) is 3.58 Å². The van der Waals surface area contributed by atoms with E-state index in [0.29, 0.717) is 0 Å². The molecule has 1 atom stereocenters. The molecule has 22 heavy (non-hydrogen) atoms. The fourth-order valence-electron chi connectivity index (χ4n) is 2.49. The highest BCUT2D eigenvalue weighted by Crippen LogP contribution is 2.68. The maximum atomic E-state index is 6.66. The second kappa shape index (κ2) is 7.12. The summed E-state index contributed by atoms with van der Waals surface area (Å²) in [5, 5.41) is 2.49. The molecule has 0 aromatic heterocycles. The Hall–Kier alpha value is -0.230. The molecule has 0 amide bonds. The van der Waals surface area contributed by atoms with Crippen LogP contribution in [0.2, 0.25) is 0 Å². The van der Waals surface area contributed by atoms with Gasteiger partial charge >= 0.3 is 0 Å².